The van der Waals surface area contributed by atoms with Gasteiger partial charge in [-0.3, -0.25) is 4.99 Å². The van der Waals surface area contributed by atoms with Gasteiger partial charge in [0.15, 0.2) is 5.72 Å². The van der Waals surface area contributed by atoms with Crippen LogP contribution in [-0.4, -0.2) is 28.9 Å². The van der Waals surface area contributed by atoms with Crippen molar-refractivity contribution in [1.29, 1.82) is 0 Å². The quantitative estimate of drug-likeness (QED) is 0.738. The minimum absolute atomic E-state index is 0.259. The van der Waals surface area contributed by atoms with Crippen LogP contribution >= 0.6 is 0 Å². The molecule has 0 aromatic heterocycles. The van der Waals surface area contributed by atoms with Gasteiger partial charge < -0.3 is 14.7 Å². The lowest BCUT2D eigenvalue weighted by Crippen LogP contribution is -2.53. The van der Waals surface area contributed by atoms with Gasteiger partial charge >= 0.3 is 0 Å². The second kappa shape index (κ2) is 7.01. The normalized spacial score (nSPS) is 20.1. The van der Waals surface area contributed by atoms with Gasteiger partial charge in [-0.05, 0) is 35.4 Å². The third-order valence-corrected chi connectivity index (χ3v) is 5.62. The molecular formula is C24H21FN2O2. The average Bonchev–Trinajstić information content (AvgIpc) is 3.25. The highest BCUT2D eigenvalue weighted by Crippen LogP contribution is 2.39. The Morgan fingerprint density at radius 1 is 1.00 bits per heavy atom. The largest absolute Gasteiger partial charge is 0.489 e. The number of nitrogens with zero attached hydrogens (tertiary/aromatic N) is 2. The second-order valence-electron chi connectivity index (χ2n) is 7.45. The first-order valence-electron chi connectivity index (χ1n) is 9.74. The van der Waals surface area contributed by atoms with Crippen LogP contribution in [-0.2, 0) is 18.8 Å². The molecule has 1 atom stereocenters. The molecule has 2 heterocycles. The molecule has 2 aliphatic rings. The average molecular weight is 388 g/mol. The first-order valence-corrected chi connectivity index (χ1v) is 9.74. The Morgan fingerprint density at radius 3 is 2.55 bits per heavy atom. The first-order chi connectivity index (χ1) is 14.1. The molecule has 5 heteroatoms. The maximum Gasteiger partial charge on any atom is 0.169 e. The van der Waals surface area contributed by atoms with Crippen LogP contribution in [0.25, 0.3) is 0 Å². The van der Waals surface area contributed by atoms with Crippen molar-refractivity contribution < 1.29 is 14.2 Å². The summed E-state index contributed by atoms with van der Waals surface area (Å²) in [5.41, 5.74) is 2.79. The fourth-order valence-electron chi connectivity index (χ4n) is 4.11. The van der Waals surface area contributed by atoms with Gasteiger partial charge in [0.05, 0.1) is 6.54 Å². The number of fused-ring (bicyclic) bond motifs is 3. The summed E-state index contributed by atoms with van der Waals surface area (Å²) in [5, 5.41) is 11.7. The van der Waals surface area contributed by atoms with Crippen molar-refractivity contribution in [3.05, 3.63) is 101 Å². The Balaban J connectivity index is 1.38. The Hall–Kier alpha value is -3.18. The molecule has 2 aliphatic heterocycles. The molecule has 0 radical (unpaired) electrons. The Kier molecular flexibility index (Phi) is 4.32. The van der Waals surface area contributed by atoms with Crippen LogP contribution in [0.1, 0.15) is 22.3 Å². The lowest BCUT2D eigenvalue weighted by atomic mass is 9.86. The smallest absolute Gasteiger partial charge is 0.169 e. The van der Waals surface area contributed by atoms with E-state index < -0.39 is 5.72 Å². The number of aliphatic imine (C=N–C) groups is 1. The van der Waals surface area contributed by atoms with Crippen LogP contribution in [0.5, 0.6) is 5.75 Å². The van der Waals surface area contributed by atoms with Crippen molar-refractivity contribution >= 4 is 5.84 Å². The predicted octanol–water partition coefficient (Wildman–Crippen LogP) is 3.87. The molecule has 1 unspecified atom stereocenters. The minimum atomic E-state index is -1.13. The third-order valence-electron chi connectivity index (χ3n) is 5.62. The molecule has 0 amide bonds. The van der Waals surface area contributed by atoms with Crippen LogP contribution in [0.2, 0.25) is 0 Å². The molecule has 5 rings (SSSR count). The molecule has 0 saturated heterocycles. The van der Waals surface area contributed by atoms with Crippen molar-refractivity contribution in [3.63, 3.8) is 0 Å². The summed E-state index contributed by atoms with van der Waals surface area (Å²) >= 11 is 0. The predicted molar refractivity (Wildman–Crippen MR) is 109 cm³/mol. The first kappa shape index (κ1) is 17.9. The zero-order valence-electron chi connectivity index (χ0n) is 15.9. The van der Waals surface area contributed by atoms with Gasteiger partial charge in [-0.1, -0.05) is 48.5 Å². The zero-order valence-corrected chi connectivity index (χ0v) is 15.9. The van der Waals surface area contributed by atoms with Crippen molar-refractivity contribution in [2.75, 3.05) is 13.1 Å². The van der Waals surface area contributed by atoms with Crippen molar-refractivity contribution in [1.82, 2.24) is 4.90 Å². The Bertz CT molecular complexity index is 1060. The van der Waals surface area contributed by atoms with E-state index >= 15 is 0 Å². The molecule has 0 spiro atoms. The summed E-state index contributed by atoms with van der Waals surface area (Å²) in [7, 11) is 0. The third kappa shape index (κ3) is 3.17. The maximum absolute atomic E-state index is 13.0. The van der Waals surface area contributed by atoms with Gasteiger partial charge in [-0.15, -0.1) is 0 Å². The molecular weight excluding hydrogens is 367 g/mol. The molecule has 0 bridgehead atoms. The summed E-state index contributed by atoms with van der Waals surface area (Å²) in [6, 6.07) is 21.9. The number of hydrogen-bond donors (Lipinski definition) is 1. The number of rotatable bonds is 4. The van der Waals surface area contributed by atoms with Gasteiger partial charge in [0.25, 0.3) is 0 Å². The SMILES string of the molecule is OC1(c2ccc(OCc3ccc(F)cc3)cc2)Cc2ccccc2C2=NCCN21. The van der Waals surface area contributed by atoms with Crippen molar-refractivity contribution in [2.24, 2.45) is 4.99 Å². The van der Waals surface area contributed by atoms with E-state index in [4.69, 9.17) is 4.74 Å². The highest BCUT2D eigenvalue weighted by atomic mass is 19.1. The molecule has 3 aromatic rings. The summed E-state index contributed by atoms with van der Waals surface area (Å²) in [5.74, 6) is 1.31. The van der Waals surface area contributed by atoms with E-state index in [1.165, 1.54) is 12.1 Å². The number of benzene rings is 3. The minimum Gasteiger partial charge on any atom is -0.489 e. The van der Waals surface area contributed by atoms with E-state index in [2.05, 4.69) is 17.1 Å². The molecule has 0 fully saturated rings. The van der Waals surface area contributed by atoms with E-state index in [1.54, 1.807) is 12.1 Å². The molecule has 3 aromatic carbocycles. The number of hydrogen-bond acceptors (Lipinski definition) is 4. The van der Waals surface area contributed by atoms with Crippen LogP contribution < -0.4 is 4.74 Å². The van der Waals surface area contributed by atoms with Gasteiger partial charge in [-0.2, -0.15) is 0 Å². The maximum atomic E-state index is 13.0. The van der Waals surface area contributed by atoms with Crippen LogP contribution in [0, 0.1) is 5.82 Å². The lowest BCUT2D eigenvalue weighted by molar-refractivity contribution is -0.0745. The molecule has 0 aliphatic carbocycles. The highest BCUT2D eigenvalue weighted by Gasteiger charge is 2.44. The monoisotopic (exact) mass is 388 g/mol. The molecule has 4 nitrogen and oxygen atoms in total. The van der Waals surface area contributed by atoms with Crippen LogP contribution in [0.3, 0.4) is 0 Å². The lowest BCUT2D eigenvalue weighted by Gasteiger charge is -2.43. The summed E-state index contributed by atoms with van der Waals surface area (Å²) in [6.07, 6.45) is 0.512. The number of halogens is 1. The summed E-state index contributed by atoms with van der Waals surface area (Å²) in [4.78, 5) is 6.64. The zero-order chi connectivity index (χ0) is 19.8. The molecule has 0 saturated carbocycles. The fraction of sp³-hybridized carbons (Fsp3) is 0.208. The fourth-order valence-corrected chi connectivity index (χ4v) is 4.11. The van der Waals surface area contributed by atoms with E-state index in [-0.39, 0.29) is 5.82 Å². The number of aliphatic hydroxyl groups is 1. The number of amidine groups is 1. The second-order valence-corrected chi connectivity index (χ2v) is 7.45. The molecule has 29 heavy (non-hydrogen) atoms. The van der Waals surface area contributed by atoms with Gasteiger partial charge in [0, 0.05) is 24.1 Å². The van der Waals surface area contributed by atoms with E-state index in [0.29, 0.717) is 31.9 Å². The Labute approximate surface area is 168 Å². The molecule has 1 N–H and O–H groups in total. The highest BCUT2D eigenvalue weighted by molar-refractivity contribution is 6.02. The van der Waals surface area contributed by atoms with Gasteiger partial charge in [0.1, 0.15) is 24.0 Å². The van der Waals surface area contributed by atoms with Crippen molar-refractivity contribution in [3.8, 4) is 5.75 Å². The van der Waals surface area contributed by atoms with Crippen LogP contribution in [0.15, 0.2) is 77.8 Å². The Morgan fingerprint density at radius 2 is 1.76 bits per heavy atom. The van der Waals surface area contributed by atoms with E-state index in [0.717, 1.165) is 28.1 Å². The number of ether oxygens (including phenoxy) is 1. The summed E-state index contributed by atoms with van der Waals surface area (Å²) in [6.45, 7) is 1.74. The van der Waals surface area contributed by atoms with E-state index in [9.17, 15) is 9.50 Å². The van der Waals surface area contributed by atoms with Gasteiger partial charge in [0.2, 0.25) is 0 Å². The van der Waals surface area contributed by atoms with E-state index in [1.807, 2.05) is 41.3 Å². The molecule has 146 valence electrons. The topological polar surface area (TPSA) is 45.1 Å². The standard InChI is InChI=1S/C24H21FN2O2/c25-20-9-5-17(6-10-20)16-29-21-11-7-19(8-12-21)24(28)15-18-3-1-2-4-22(18)23-26-13-14-27(23)24/h1-12,28H,13-16H2. The van der Waals surface area contributed by atoms with Crippen LogP contribution in [0.4, 0.5) is 4.39 Å². The summed E-state index contributed by atoms with van der Waals surface area (Å²) < 4.78 is 18.8. The van der Waals surface area contributed by atoms with Crippen molar-refractivity contribution in [2.45, 2.75) is 18.8 Å². The van der Waals surface area contributed by atoms with Gasteiger partial charge in [-0.25, -0.2) is 4.39 Å².